The van der Waals surface area contributed by atoms with Crippen molar-refractivity contribution in [2.75, 3.05) is 26.0 Å². The van der Waals surface area contributed by atoms with Crippen LogP contribution in [-0.4, -0.2) is 48.8 Å². The number of thioether (sulfide) groups is 1. The minimum Gasteiger partial charge on any atom is -0.375 e. The molecule has 0 aliphatic carbocycles. The van der Waals surface area contributed by atoms with E-state index >= 15 is 0 Å². The molecular weight excluding hydrogens is 260 g/mol. The molecule has 1 heterocycles. The molecule has 1 fully saturated rings. The van der Waals surface area contributed by atoms with Crippen LogP contribution in [0, 0.1) is 0 Å². The van der Waals surface area contributed by atoms with E-state index in [0.717, 1.165) is 6.54 Å². The van der Waals surface area contributed by atoms with Crippen molar-refractivity contribution in [2.45, 2.75) is 37.7 Å². The van der Waals surface area contributed by atoms with Crippen LogP contribution in [0.4, 0.5) is 0 Å². The maximum absolute atomic E-state index is 11.9. The summed E-state index contributed by atoms with van der Waals surface area (Å²) in [4.78, 5) is 11.9. The predicted octanol–water partition coefficient (Wildman–Crippen LogP) is 1.04. The summed E-state index contributed by atoms with van der Waals surface area (Å²) in [5.41, 5.74) is 0. The highest BCUT2D eigenvalue weighted by Gasteiger charge is 2.29. The molecule has 4 nitrogen and oxygen atoms in total. The van der Waals surface area contributed by atoms with Crippen molar-refractivity contribution >= 4 is 30.1 Å². The highest BCUT2D eigenvalue weighted by atomic mass is 35.5. The third-order valence-electron chi connectivity index (χ3n) is 2.84. The van der Waals surface area contributed by atoms with Gasteiger partial charge in [-0.3, -0.25) is 4.79 Å². The number of morpholine rings is 1. The lowest BCUT2D eigenvalue weighted by Gasteiger charge is -2.30. The molecule has 17 heavy (non-hydrogen) atoms. The van der Waals surface area contributed by atoms with E-state index in [2.05, 4.69) is 30.7 Å². The van der Waals surface area contributed by atoms with Crippen LogP contribution in [0.5, 0.6) is 0 Å². The number of hydrogen-bond donors (Lipinski definition) is 2. The highest BCUT2D eigenvalue weighted by molar-refractivity contribution is 7.99. The summed E-state index contributed by atoms with van der Waals surface area (Å²) in [6.45, 7) is 8.27. The Hall–Kier alpha value is 0.0300. The van der Waals surface area contributed by atoms with Gasteiger partial charge in [0.25, 0.3) is 0 Å². The van der Waals surface area contributed by atoms with Gasteiger partial charge in [0.2, 0.25) is 5.91 Å². The molecule has 0 aromatic rings. The van der Waals surface area contributed by atoms with Crippen molar-refractivity contribution in [1.82, 2.24) is 10.6 Å². The Morgan fingerprint density at radius 1 is 1.59 bits per heavy atom. The first-order valence-corrected chi connectivity index (χ1v) is 6.86. The van der Waals surface area contributed by atoms with Gasteiger partial charge in [-0.05, 0) is 27.0 Å². The molecule has 2 N–H and O–H groups in total. The van der Waals surface area contributed by atoms with Crippen LogP contribution in [-0.2, 0) is 9.53 Å². The summed E-state index contributed by atoms with van der Waals surface area (Å²) in [5, 5.41) is 6.15. The standard InChI is InChI=1S/C11H22N2O2S.ClH/c1-8-9(12-5-6-15-8)10(14)13-7-11(2,3)16-4;/h8-9,12H,5-7H2,1-4H3,(H,13,14);1H/t8-,9+;/m1./s1. The summed E-state index contributed by atoms with van der Waals surface area (Å²) >= 11 is 1.75. The molecule has 1 rings (SSSR count). The van der Waals surface area contributed by atoms with Crippen LogP contribution < -0.4 is 10.6 Å². The van der Waals surface area contributed by atoms with Gasteiger partial charge in [0, 0.05) is 17.8 Å². The predicted molar refractivity (Wildman–Crippen MR) is 75.1 cm³/mol. The van der Waals surface area contributed by atoms with E-state index < -0.39 is 0 Å². The van der Waals surface area contributed by atoms with Gasteiger partial charge in [-0.25, -0.2) is 0 Å². The fourth-order valence-corrected chi connectivity index (χ4v) is 1.73. The Kier molecular flexibility index (Phi) is 7.47. The van der Waals surface area contributed by atoms with Gasteiger partial charge < -0.3 is 15.4 Å². The molecule has 0 aromatic heterocycles. The Bertz CT molecular complexity index is 252. The maximum atomic E-state index is 11.9. The molecule has 1 amide bonds. The van der Waals surface area contributed by atoms with Crippen LogP contribution in [0.15, 0.2) is 0 Å². The van der Waals surface area contributed by atoms with Crippen molar-refractivity contribution in [3.63, 3.8) is 0 Å². The average molecular weight is 283 g/mol. The SMILES string of the molecule is CSC(C)(C)CNC(=O)[C@H]1NCCO[C@@H]1C.Cl. The molecule has 1 aliphatic rings. The van der Waals surface area contributed by atoms with Gasteiger partial charge in [-0.15, -0.1) is 12.4 Å². The van der Waals surface area contributed by atoms with Gasteiger partial charge in [0.05, 0.1) is 12.7 Å². The summed E-state index contributed by atoms with van der Waals surface area (Å²) in [6, 6.07) is -0.216. The summed E-state index contributed by atoms with van der Waals surface area (Å²) < 4.78 is 5.52. The van der Waals surface area contributed by atoms with Gasteiger partial charge >= 0.3 is 0 Å². The van der Waals surface area contributed by atoms with E-state index in [0.29, 0.717) is 13.2 Å². The van der Waals surface area contributed by atoms with Gasteiger partial charge in [0.15, 0.2) is 0 Å². The highest BCUT2D eigenvalue weighted by Crippen LogP contribution is 2.19. The molecule has 6 heteroatoms. The van der Waals surface area contributed by atoms with Gasteiger partial charge in [0.1, 0.15) is 6.04 Å². The largest absolute Gasteiger partial charge is 0.375 e. The molecule has 0 radical (unpaired) electrons. The zero-order valence-electron chi connectivity index (χ0n) is 10.9. The molecule has 1 aliphatic heterocycles. The molecule has 0 spiro atoms. The number of carbonyl (C=O) groups excluding carboxylic acids is 1. The lowest BCUT2D eigenvalue weighted by molar-refractivity contribution is -0.129. The number of carbonyl (C=O) groups is 1. The first-order chi connectivity index (χ1) is 7.46. The third-order valence-corrected chi connectivity index (χ3v) is 4.09. The second-order valence-corrected chi connectivity index (χ2v) is 6.20. The fraction of sp³-hybridized carbons (Fsp3) is 0.909. The average Bonchev–Trinajstić information content (AvgIpc) is 2.27. The van der Waals surface area contributed by atoms with E-state index in [1.165, 1.54) is 0 Å². The number of nitrogens with one attached hydrogen (secondary N) is 2. The number of hydrogen-bond acceptors (Lipinski definition) is 4. The van der Waals surface area contributed by atoms with Crippen LogP contribution >= 0.6 is 24.2 Å². The van der Waals surface area contributed by atoms with Gasteiger partial charge in [-0.2, -0.15) is 11.8 Å². The van der Waals surface area contributed by atoms with E-state index in [4.69, 9.17) is 4.74 Å². The molecule has 2 atom stereocenters. The number of amides is 1. The van der Waals surface area contributed by atoms with Crippen molar-refractivity contribution in [3.05, 3.63) is 0 Å². The Morgan fingerprint density at radius 2 is 2.24 bits per heavy atom. The van der Waals surface area contributed by atoms with E-state index in [1.54, 1.807) is 11.8 Å². The lowest BCUT2D eigenvalue weighted by atomic mass is 10.1. The minimum atomic E-state index is -0.216. The van der Waals surface area contributed by atoms with Crippen LogP contribution in [0.2, 0.25) is 0 Å². The topological polar surface area (TPSA) is 50.4 Å². The molecule has 102 valence electrons. The third kappa shape index (κ3) is 5.46. The molecule has 0 saturated carbocycles. The second kappa shape index (κ2) is 7.46. The Morgan fingerprint density at radius 3 is 2.76 bits per heavy atom. The number of halogens is 1. The van der Waals surface area contributed by atoms with Crippen molar-refractivity contribution in [1.29, 1.82) is 0 Å². The summed E-state index contributed by atoms with van der Waals surface area (Å²) in [7, 11) is 0. The Balaban J connectivity index is 0.00000256. The quantitative estimate of drug-likeness (QED) is 0.809. The maximum Gasteiger partial charge on any atom is 0.239 e. The molecule has 0 unspecified atom stereocenters. The van der Waals surface area contributed by atoms with Crippen LogP contribution in [0.1, 0.15) is 20.8 Å². The summed E-state index contributed by atoms with van der Waals surface area (Å²) in [5.74, 6) is 0.0364. The second-order valence-electron chi connectivity index (χ2n) is 4.69. The number of ether oxygens (including phenoxy) is 1. The fourth-order valence-electron chi connectivity index (χ4n) is 1.51. The van der Waals surface area contributed by atoms with E-state index in [1.807, 2.05) is 6.92 Å². The monoisotopic (exact) mass is 282 g/mol. The molecule has 1 saturated heterocycles. The zero-order chi connectivity index (χ0) is 12.2. The Labute approximate surface area is 114 Å². The van der Waals surface area contributed by atoms with Crippen molar-refractivity contribution in [3.8, 4) is 0 Å². The van der Waals surface area contributed by atoms with E-state index in [9.17, 15) is 4.79 Å². The van der Waals surface area contributed by atoms with Crippen molar-refractivity contribution in [2.24, 2.45) is 0 Å². The summed E-state index contributed by atoms with van der Waals surface area (Å²) in [6.07, 6.45) is 2.00. The molecular formula is C11H23ClN2O2S. The van der Waals surface area contributed by atoms with Crippen LogP contribution in [0.25, 0.3) is 0 Å². The molecule has 0 aromatic carbocycles. The van der Waals surface area contributed by atoms with Crippen molar-refractivity contribution < 1.29 is 9.53 Å². The minimum absolute atomic E-state index is 0. The smallest absolute Gasteiger partial charge is 0.239 e. The lowest BCUT2D eigenvalue weighted by Crippen LogP contribution is -2.56. The van der Waals surface area contributed by atoms with E-state index in [-0.39, 0.29) is 35.2 Å². The normalized spacial score (nSPS) is 24.9. The first-order valence-electron chi connectivity index (χ1n) is 5.64. The number of rotatable bonds is 4. The first kappa shape index (κ1) is 17.0. The zero-order valence-corrected chi connectivity index (χ0v) is 12.5. The molecule has 0 bridgehead atoms. The van der Waals surface area contributed by atoms with Gasteiger partial charge in [-0.1, -0.05) is 0 Å². The van der Waals surface area contributed by atoms with Crippen LogP contribution in [0.3, 0.4) is 0 Å².